The van der Waals surface area contributed by atoms with Gasteiger partial charge in [-0.3, -0.25) is 4.79 Å². The molecule has 21 heavy (non-hydrogen) atoms. The van der Waals surface area contributed by atoms with E-state index in [4.69, 9.17) is 16.3 Å². The van der Waals surface area contributed by atoms with E-state index in [1.807, 2.05) is 25.1 Å². The van der Waals surface area contributed by atoms with Gasteiger partial charge in [-0.15, -0.1) is 0 Å². The lowest BCUT2D eigenvalue weighted by Crippen LogP contribution is -2.38. The first kappa shape index (κ1) is 16.1. The highest BCUT2D eigenvalue weighted by Crippen LogP contribution is 2.21. The van der Waals surface area contributed by atoms with Crippen LogP contribution in [0.4, 0.5) is 0 Å². The van der Waals surface area contributed by atoms with Crippen molar-refractivity contribution in [1.82, 2.24) is 10.6 Å². The minimum Gasteiger partial charge on any atom is -0.493 e. The van der Waals surface area contributed by atoms with Crippen LogP contribution in [0.5, 0.6) is 5.75 Å². The molecule has 1 aliphatic heterocycles. The van der Waals surface area contributed by atoms with Crippen molar-refractivity contribution in [2.45, 2.75) is 26.2 Å². The number of carbonyl (C=O) groups excluding carboxylic acids is 1. The average Bonchev–Trinajstić information content (AvgIpc) is 2.49. The lowest BCUT2D eigenvalue weighted by atomic mass is 9.97. The van der Waals surface area contributed by atoms with Crippen LogP contribution < -0.4 is 15.4 Å². The molecule has 0 aromatic heterocycles. The Morgan fingerprint density at radius 3 is 2.90 bits per heavy atom. The molecule has 1 aromatic carbocycles. The van der Waals surface area contributed by atoms with E-state index >= 15 is 0 Å². The summed E-state index contributed by atoms with van der Waals surface area (Å²) < 4.78 is 5.70. The van der Waals surface area contributed by atoms with Crippen LogP contribution in [-0.2, 0) is 4.79 Å². The highest BCUT2D eigenvalue weighted by Gasteiger charge is 2.19. The van der Waals surface area contributed by atoms with Crippen LogP contribution >= 0.6 is 11.6 Å². The van der Waals surface area contributed by atoms with Gasteiger partial charge in [-0.1, -0.05) is 11.6 Å². The fraction of sp³-hybridized carbons (Fsp3) is 0.562. The van der Waals surface area contributed by atoms with Gasteiger partial charge in [0.2, 0.25) is 5.91 Å². The SMILES string of the molecule is Cc1cc(Cl)ccc1OCCCNC(=O)C1CCNCC1. The van der Waals surface area contributed by atoms with Crippen LogP contribution in [0, 0.1) is 12.8 Å². The molecule has 2 N–H and O–H groups in total. The van der Waals surface area contributed by atoms with E-state index in [1.165, 1.54) is 0 Å². The molecular formula is C16H23ClN2O2. The molecule has 4 nitrogen and oxygen atoms in total. The normalized spacial score (nSPS) is 15.7. The maximum atomic E-state index is 11.9. The van der Waals surface area contributed by atoms with Gasteiger partial charge in [-0.2, -0.15) is 0 Å². The van der Waals surface area contributed by atoms with Crippen LogP contribution in [0.3, 0.4) is 0 Å². The Morgan fingerprint density at radius 1 is 1.43 bits per heavy atom. The van der Waals surface area contributed by atoms with Gasteiger partial charge in [0.05, 0.1) is 6.61 Å². The average molecular weight is 311 g/mol. The number of nitrogens with one attached hydrogen (secondary N) is 2. The number of piperidine rings is 1. The maximum Gasteiger partial charge on any atom is 0.223 e. The third-order valence-corrected chi connectivity index (χ3v) is 3.96. The Bertz CT molecular complexity index is 473. The van der Waals surface area contributed by atoms with E-state index in [9.17, 15) is 4.79 Å². The van der Waals surface area contributed by atoms with Gasteiger partial charge < -0.3 is 15.4 Å². The summed E-state index contributed by atoms with van der Waals surface area (Å²) in [5.41, 5.74) is 1.03. The number of carbonyl (C=O) groups is 1. The monoisotopic (exact) mass is 310 g/mol. The molecule has 0 atom stereocenters. The van der Waals surface area contributed by atoms with Crippen molar-refractivity contribution in [3.05, 3.63) is 28.8 Å². The fourth-order valence-corrected chi connectivity index (χ4v) is 2.70. The molecular weight excluding hydrogens is 288 g/mol. The molecule has 1 heterocycles. The largest absolute Gasteiger partial charge is 0.493 e. The number of rotatable bonds is 6. The molecule has 1 amide bonds. The molecule has 0 bridgehead atoms. The molecule has 1 fully saturated rings. The number of benzene rings is 1. The summed E-state index contributed by atoms with van der Waals surface area (Å²) in [6.45, 7) is 5.11. The molecule has 0 aliphatic carbocycles. The Kier molecular flexibility index (Phi) is 6.33. The van der Waals surface area contributed by atoms with Crippen molar-refractivity contribution < 1.29 is 9.53 Å². The summed E-state index contributed by atoms with van der Waals surface area (Å²) >= 11 is 5.90. The van der Waals surface area contributed by atoms with Crippen LogP contribution in [0.1, 0.15) is 24.8 Å². The van der Waals surface area contributed by atoms with E-state index in [-0.39, 0.29) is 11.8 Å². The van der Waals surface area contributed by atoms with Gasteiger partial charge in [0.25, 0.3) is 0 Å². The Balaban J connectivity index is 1.62. The zero-order chi connectivity index (χ0) is 15.1. The van der Waals surface area contributed by atoms with Crippen molar-refractivity contribution in [1.29, 1.82) is 0 Å². The summed E-state index contributed by atoms with van der Waals surface area (Å²) in [6.07, 6.45) is 2.68. The summed E-state index contributed by atoms with van der Waals surface area (Å²) in [4.78, 5) is 11.9. The van der Waals surface area contributed by atoms with Crippen LogP contribution in [0.15, 0.2) is 18.2 Å². The topological polar surface area (TPSA) is 50.4 Å². The first-order valence-electron chi connectivity index (χ1n) is 7.54. The van der Waals surface area contributed by atoms with Gasteiger partial charge in [-0.25, -0.2) is 0 Å². The fourth-order valence-electron chi connectivity index (χ4n) is 2.47. The Labute approximate surface area is 131 Å². The second-order valence-electron chi connectivity index (χ2n) is 5.43. The number of aryl methyl sites for hydroxylation is 1. The first-order valence-corrected chi connectivity index (χ1v) is 7.92. The minimum atomic E-state index is 0.172. The summed E-state index contributed by atoms with van der Waals surface area (Å²) in [5.74, 6) is 1.20. The number of hydrogen-bond donors (Lipinski definition) is 2. The van der Waals surface area contributed by atoms with Gasteiger partial charge >= 0.3 is 0 Å². The van der Waals surface area contributed by atoms with Crippen LogP contribution in [0.25, 0.3) is 0 Å². The van der Waals surface area contributed by atoms with Crippen molar-refractivity contribution in [3.63, 3.8) is 0 Å². The second kappa shape index (κ2) is 8.25. The number of ether oxygens (including phenoxy) is 1. The third kappa shape index (κ3) is 5.21. The van der Waals surface area contributed by atoms with E-state index in [2.05, 4.69) is 10.6 Å². The molecule has 5 heteroatoms. The molecule has 0 spiro atoms. The van der Waals surface area contributed by atoms with Crippen molar-refractivity contribution in [2.75, 3.05) is 26.2 Å². The maximum absolute atomic E-state index is 11.9. The molecule has 1 aromatic rings. The van der Waals surface area contributed by atoms with E-state index < -0.39 is 0 Å². The van der Waals surface area contributed by atoms with Crippen LogP contribution in [-0.4, -0.2) is 32.1 Å². The lowest BCUT2D eigenvalue weighted by molar-refractivity contribution is -0.125. The summed E-state index contributed by atoms with van der Waals surface area (Å²) in [7, 11) is 0. The Morgan fingerprint density at radius 2 is 2.19 bits per heavy atom. The number of halogens is 1. The van der Waals surface area contributed by atoms with E-state index in [0.29, 0.717) is 18.2 Å². The highest BCUT2D eigenvalue weighted by atomic mass is 35.5. The second-order valence-corrected chi connectivity index (χ2v) is 5.86. The number of hydrogen-bond acceptors (Lipinski definition) is 3. The zero-order valence-corrected chi connectivity index (χ0v) is 13.2. The van der Waals surface area contributed by atoms with E-state index in [1.54, 1.807) is 0 Å². The van der Waals surface area contributed by atoms with Gasteiger partial charge in [0.15, 0.2) is 0 Å². The predicted octanol–water partition coefficient (Wildman–Crippen LogP) is 2.53. The molecule has 0 saturated carbocycles. The minimum absolute atomic E-state index is 0.172. The molecule has 0 unspecified atom stereocenters. The molecule has 1 saturated heterocycles. The molecule has 2 rings (SSSR count). The highest BCUT2D eigenvalue weighted by molar-refractivity contribution is 6.30. The quantitative estimate of drug-likeness (QED) is 0.794. The van der Waals surface area contributed by atoms with E-state index in [0.717, 1.165) is 43.7 Å². The number of amides is 1. The van der Waals surface area contributed by atoms with Gasteiger partial charge in [0.1, 0.15) is 5.75 Å². The molecule has 116 valence electrons. The van der Waals surface area contributed by atoms with Crippen molar-refractivity contribution >= 4 is 17.5 Å². The predicted molar refractivity (Wildman–Crippen MR) is 84.9 cm³/mol. The van der Waals surface area contributed by atoms with Crippen molar-refractivity contribution in [3.8, 4) is 5.75 Å². The molecule has 0 radical (unpaired) electrons. The molecule has 1 aliphatic rings. The zero-order valence-electron chi connectivity index (χ0n) is 12.5. The summed E-state index contributed by atoms with van der Waals surface area (Å²) in [6, 6.07) is 5.59. The summed E-state index contributed by atoms with van der Waals surface area (Å²) in [5, 5.41) is 6.98. The third-order valence-electron chi connectivity index (χ3n) is 3.72. The lowest BCUT2D eigenvalue weighted by Gasteiger charge is -2.21. The van der Waals surface area contributed by atoms with Gasteiger partial charge in [-0.05, 0) is 63.0 Å². The van der Waals surface area contributed by atoms with Crippen LogP contribution in [0.2, 0.25) is 5.02 Å². The van der Waals surface area contributed by atoms with Crippen molar-refractivity contribution in [2.24, 2.45) is 5.92 Å². The first-order chi connectivity index (χ1) is 10.2. The van der Waals surface area contributed by atoms with Gasteiger partial charge in [0, 0.05) is 17.5 Å². The smallest absolute Gasteiger partial charge is 0.223 e. The standard InChI is InChI=1S/C16H23ClN2O2/c1-12-11-14(17)3-4-15(12)21-10-2-7-19-16(20)13-5-8-18-9-6-13/h3-4,11,13,18H,2,5-10H2,1H3,(H,19,20). The Hall–Kier alpha value is -1.26.